The summed E-state index contributed by atoms with van der Waals surface area (Å²) in [5.41, 5.74) is 1.58. The summed E-state index contributed by atoms with van der Waals surface area (Å²) in [5.74, 6) is 0.994. The summed E-state index contributed by atoms with van der Waals surface area (Å²) in [6.07, 6.45) is 11.1. The number of aromatic nitrogens is 1. The molecule has 3 rings (SSSR count). The zero-order valence-electron chi connectivity index (χ0n) is 12.5. The Balaban J connectivity index is 1.72. The lowest BCUT2D eigenvalue weighted by Crippen LogP contribution is -2.41. The molecule has 110 valence electrons. The van der Waals surface area contributed by atoms with Gasteiger partial charge < -0.3 is 10.0 Å². The van der Waals surface area contributed by atoms with Crippen LogP contribution < -0.4 is 4.90 Å². The molecule has 1 aromatic rings. The highest BCUT2D eigenvalue weighted by atomic mass is 16.3. The zero-order valence-corrected chi connectivity index (χ0v) is 12.5. The summed E-state index contributed by atoms with van der Waals surface area (Å²) in [6.45, 7) is 4.01. The maximum atomic E-state index is 9.91. The van der Waals surface area contributed by atoms with Gasteiger partial charge in [-0.2, -0.15) is 0 Å². The molecule has 0 amide bonds. The maximum absolute atomic E-state index is 9.91. The van der Waals surface area contributed by atoms with E-state index in [0.717, 1.165) is 24.5 Å². The van der Waals surface area contributed by atoms with Crippen LogP contribution in [0.2, 0.25) is 0 Å². The van der Waals surface area contributed by atoms with Crippen LogP contribution in [0.5, 0.6) is 0 Å². The van der Waals surface area contributed by atoms with Crippen molar-refractivity contribution in [3.63, 3.8) is 0 Å². The monoisotopic (exact) mass is 274 g/mol. The van der Waals surface area contributed by atoms with Crippen molar-refractivity contribution in [2.75, 3.05) is 18.0 Å². The second-order valence-corrected chi connectivity index (χ2v) is 6.64. The van der Waals surface area contributed by atoms with E-state index in [9.17, 15) is 5.11 Å². The van der Waals surface area contributed by atoms with Crippen molar-refractivity contribution in [3.8, 4) is 0 Å². The minimum absolute atomic E-state index is 0.440. The Labute approximate surface area is 122 Å². The quantitative estimate of drug-likeness (QED) is 0.893. The van der Waals surface area contributed by atoms with Gasteiger partial charge in [-0.1, -0.05) is 25.3 Å². The molecule has 1 N–H and O–H groups in total. The van der Waals surface area contributed by atoms with Gasteiger partial charge >= 0.3 is 0 Å². The molecule has 2 aliphatic rings. The number of hydrogen-bond donors (Lipinski definition) is 1. The molecule has 1 aliphatic heterocycles. The van der Waals surface area contributed by atoms with E-state index in [-0.39, 0.29) is 0 Å². The van der Waals surface area contributed by atoms with E-state index in [1.807, 2.05) is 25.3 Å². The summed E-state index contributed by atoms with van der Waals surface area (Å²) in [5, 5.41) is 9.91. The second-order valence-electron chi connectivity index (χ2n) is 6.64. The number of anilines is 1. The van der Waals surface area contributed by atoms with Gasteiger partial charge in [-0.15, -0.1) is 0 Å². The standard InChI is InChI=1S/C17H26N2O/c1-14(20)15-6-5-11-18-16(15)19-12-9-17(10-13-19)7-3-2-4-8-17/h5-6,11,14,20H,2-4,7-10,12-13H2,1H3/t14-/m1/s1. The molecule has 20 heavy (non-hydrogen) atoms. The smallest absolute Gasteiger partial charge is 0.134 e. The molecule has 2 heterocycles. The summed E-state index contributed by atoms with van der Waals surface area (Å²) < 4.78 is 0. The highest BCUT2D eigenvalue weighted by molar-refractivity contribution is 5.48. The minimum atomic E-state index is -0.440. The Kier molecular flexibility index (Phi) is 3.97. The van der Waals surface area contributed by atoms with E-state index < -0.39 is 6.10 Å². The van der Waals surface area contributed by atoms with E-state index in [4.69, 9.17) is 0 Å². The normalized spacial score (nSPS) is 23.8. The van der Waals surface area contributed by atoms with Crippen LogP contribution in [0.15, 0.2) is 18.3 Å². The third kappa shape index (κ3) is 2.69. The Morgan fingerprint density at radius 2 is 1.85 bits per heavy atom. The molecule has 0 unspecified atom stereocenters. The van der Waals surface area contributed by atoms with E-state index in [1.165, 1.54) is 44.9 Å². The summed E-state index contributed by atoms with van der Waals surface area (Å²) in [7, 11) is 0. The fourth-order valence-electron chi connectivity index (χ4n) is 3.99. The van der Waals surface area contributed by atoms with Gasteiger partial charge in [-0.3, -0.25) is 0 Å². The average Bonchev–Trinajstić information content (AvgIpc) is 2.49. The molecule has 3 heteroatoms. The molecular formula is C17H26N2O. The first-order valence-electron chi connectivity index (χ1n) is 8.08. The van der Waals surface area contributed by atoms with Crippen LogP contribution in [-0.2, 0) is 0 Å². The maximum Gasteiger partial charge on any atom is 0.134 e. The molecule has 3 nitrogen and oxygen atoms in total. The van der Waals surface area contributed by atoms with Gasteiger partial charge in [0.1, 0.15) is 5.82 Å². The molecule has 1 spiro atoms. The van der Waals surface area contributed by atoms with E-state index in [2.05, 4.69) is 9.88 Å². The van der Waals surface area contributed by atoms with Crippen molar-refractivity contribution < 1.29 is 5.11 Å². The predicted octanol–water partition coefficient (Wildman–Crippen LogP) is 3.69. The Morgan fingerprint density at radius 1 is 1.15 bits per heavy atom. The van der Waals surface area contributed by atoms with Gasteiger partial charge in [0.25, 0.3) is 0 Å². The summed E-state index contributed by atoms with van der Waals surface area (Å²) in [6, 6.07) is 3.91. The molecule has 0 bridgehead atoms. The van der Waals surface area contributed by atoms with Crippen molar-refractivity contribution in [3.05, 3.63) is 23.9 Å². The Hall–Kier alpha value is -1.09. The first kappa shape index (κ1) is 13.9. The predicted molar refractivity (Wildman–Crippen MR) is 81.8 cm³/mol. The van der Waals surface area contributed by atoms with E-state index >= 15 is 0 Å². The number of aliphatic hydroxyl groups is 1. The fraction of sp³-hybridized carbons (Fsp3) is 0.706. The number of aliphatic hydroxyl groups excluding tert-OH is 1. The van der Waals surface area contributed by atoms with Crippen molar-refractivity contribution in [2.45, 2.75) is 58.0 Å². The third-order valence-corrected chi connectivity index (χ3v) is 5.30. The second kappa shape index (κ2) is 5.72. The van der Waals surface area contributed by atoms with Crippen LogP contribution in [0.1, 0.15) is 63.5 Å². The van der Waals surface area contributed by atoms with Crippen LogP contribution >= 0.6 is 0 Å². The SMILES string of the molecule is C[C@@H](O)c1cccnc1N1CCC2(CCCCC2)CC1. The Bertz CT molecular complexity index is 442. The molecule has 1 aromatic heterocycles. The lowest BCUT2D eigenvalue weighted by Gasteiger charge is -2.45. The first-order valence-corrected chi connectivity index (χ1v) is 8.08. The molecule has 0 aromatic carbocycles. The largest absolute Gasteiger partial charge is 0.389 e. The highest BCUT2D eigenvalue weighted by Crippen LogP contribution is 2.45. The lowest BCUT2D eigenvalue weighted by molar-refractivity contribution is 0.143. The number of nitrogens with zero attached hydrogens (tertiary/aromatic N) is 2. The van der Waals surface area contributed by atoms with Gasteiger partial charge in [0.15, 0.2) is 0 Å². The van der Waals surface area contributed by atoms with Crippen LogP contribution in [0.3, 0.4) is 0 Å². The van der Waals surface area contributed by atoms with Gasteiger partial charge in [0, 0.05) is 24.8 Å². The fourth-order valence-corrected chi connectivity index (χ4v) is 3.99. The van der Waals surface area contributed by atoms with Gasteiger partial charge in [-0.05, 0) is 44.1 Å². The van der Waals surface area contributed by atoms with Crippen LogP contribution in [0.25, 0.3) is 0 Å². The van der Waals surface area contributed by atoms with Crippen molar-refractivity contribution in [1.29, 1.82) is 0 Å². The zero-order chi connectivity index (χ0) is 14.0. The average molecular weight is 274 g/mol. The van der Waals surface area contributed by atoms with Crippen LogP contribution in [-0.4, -0.2) is 23.2 Å². The number of hydrogen-bond acceptors (Lipinski definition) is 3. The van der Waals surface area contributed by atoms with Gasteiger partial charge in [0.2, 0.25) is 0 Å². The molecular weight excluding hydrogens is 248 g/mol. The Morgan fingerprint density at radius 3 is 2.50 bits per heavy atom. The number of pyridine rings is 1. The lowest BCUT2D eigenvalue weighted by atomic mass is 9.68. The van der Waals surface area contributed by atoms with Crippen LogP contribution in [0.4, 0.5) is 5.82 Å². The molecule has 1 saturated heterocycles. The third-order valence-electron chi connectivity index (χ3n) is 5.30. The van der Waals surface area contributed by atoms with Crippen molar-refractivity contribution in [1.82, 2.24) is 4.98 Å². The highest BCUT2D eigenvalue weighted by Gasteiger charge is 2.36. The van der Waals surface area contributed by atoms with Gasteiger partial charge in [-0.25, -0.2) is 4.98 Å². The van der Waals surface area contributed by atoms with E-state index in [0.29, 0.717) is 5.41 Å². The molecule has 0 radical (unpaired) electrons. The minimum Gasteiger partial charge on any atom is -0.389 e. The summed E-state index contributed by atoms with van der Waals surface area (Å²) >= 11 is 0. The molecule has 1 saturated carbocycles. The van der Waals surface area contributed by atoms with E-state index in [1.54, 1.807) is 0 Å². The van der Waals surface area contributed by atoms with Crippen molar-refractivity contribution in [2.24, 2.45) is 5.41 Å². The molecule has 2 fully saturated rings. The molecule has 1 aliphatic carbocycles. The number of piperidine rings is 1. The topological polar surface area (TPSA) is 36.4 Å². The molecule has 1 atom stereocenters. The first-order chi connectivity index (χ1) is 9.70. The van der Waals surface area contributed by atoms with Crippen molar-refractivity contribution >= 4 is 5.82 Å². The van der Waals surface area contributed by atoms with Gasteiger partial charge in [0.05, 0.1) is 6.10 Å². The number of rotatable bonds is 2. The summed E-state index contributed by atoms with van der Waals surface area (Å²) in [4.78, 5) is 6.90. The van der Waals surface area contributed by atoms with Crippen LogP contribution in [0, 0.1) is 5.41 Å².